The standard InChI is InChI=1S/C27H29FN2O2/c1-2-24-21(18-29-22-14-12-19(25(28)17-22)13-15-26(31)32)11-10-20-7-6-16-30(27(20)24)23-8-4-3-5-9-23/h3-5,8-12,14,17,29H,2,6-7,13,15-16,18H2,1H3,(H,31,32). The Kier molecular flexibility index (Phi) is 6.74. The van der Waals surface area contributed by atoms with Crippen LogP contribution in [0.3, 0.4) is 0 Å². The van der Waals surface area contributed by atoms with E-state index < -0.39 is 5.97 Å². The number of carboxylic acids is 1. The van der Waals surface area contributed by atoms with E-state index in [9.17, 15) is 9.18 Å². The molecule has 32 heavy (non-hydrogen) atoms. The quantitative estimate of drug-likeness (QED) is 0.451. The van der Waals surface area contributed by atoms with Gasteiger partial charge in [0.25, 0.3) is 0 Å². The van der Waals surface area contributed by atoms with Gasteiger partial charge in [-0.05, 0) is 72.2 Å². The Morgan fingerprint density at radius 3 is 2.59 bits per heavy atom. The lowest BCUT2D eigenvalue weighted by Crippen LogP contribution is -2.26. The number of anilines is 3. The fourth-order valence-electron chi connectivity index (χ4n) is 4.53. The Labute approximate surface area is 188 Å². The van der Waals surface area contributed by atoms with Gasteiger partial charge in [-0.1, -0.05) is 43.3 Å². The highest BCUT2D eigenvalue weighted by molar-refractivity contribution is 5.73. The molecule has 0 radical (unpaired) electrons. The maximum absolute atomic E-state index is 14.4. The van der Waals surface area contributed by atoms with Crippen molar-refractivity contribution in [3.05, 3.63) is 88.7 Å². The maximum atomic E-state index is 14.4. The van der Waals surface area contributed by atoms with Crippen LogP contribution in [-0.2, 0) is 30.6 Å². The average Bonchev–Trinajstić information content (AvgIpc) is 2.81. The number of hydrogen-bond acceptors (Lipinski definition) is 3. The number of aliphatic carboxylic acids is 1. The molecule has 0 atom stereocenters. The van der Waals surface area contributed by atoms with Crippen molar-refractivity contribution in [1.82, 2.24) is 0 Å². The summed E-state index contributed by atoms with van der Waals surface area (Å²) >= 11 is 0. The minimum absolute atomic E-state index is 0.0728. The minimum atomic E-state index is -0.921. The van der Waals surface area contributed by atoms with Gasteiger partial charge in [-0.15, -0.1) is 0 Å². The van der Waals surface area contributed by atoms with Crippen LogP contribution >= 0.6 is 0 Å². The topological polar surface area (TPSA) is 52.6 Å². The van der Waals surface area contributed by atoms with Gasteiger partial charge in [0, 0.05) is 36.6 Å². The van der Waals surface area contributed by atoms with Gasteiger partial charge in [0.15, 0.2) is 0 Å². The maximum Gasteiger partial charge on any atom is 0.303 e. The summed E-state index contributed by atoms with van der Waals surface area (Å²) < 4.78 is 14.4. The second-order valence-corrected chi connectivity index (χ2v) is 8.21. The first kappa shape index (κ1) is 21.9. The highest BCUT2D eigenvalue weighted by Gasteiger charge is 2.22. The third-order valence-corrected chi connectivity index (χ3v) is 6.13. The first-order valence-electron chi connectivity index (χ1n) is 11.3. The molecule has 1 heterocycles. The van der Waals surface area contributed by atoms with E-state index in [1.807, 2.05) is 12.1 Å². The lowest BCUT2D eigenvalue weighted by atomic mass is 9.92. The van der Waals surface area contributed by atoms with E-state index in [-0.39, 0.29) is 18.7 Å². The molecule has 0 aliphatic carbocycles. The fraction of sp³-hybridized carbons (Fsp3) is 0.296. The number of carbonyl (C=O) groups is 1. The predicted molar refractivity (Wildman–Crippen MR) is 127 cm³/mol. The minimum Gasteiger partial charge on any atom is -0.481 e. The zero-order valence-electron chi connectivity index (χ0n) is 18.4. The van der Waals surface area contributed by atoms with Crippen LogP contribution in [0.15, 0.2) is 60.7 Å². The van der Waals surface area contributed by atoms with E-state index in [4.69, 9.17) is 5.11 Å². The van der Waals surface area contributed by atoms with Crippen molar-refractivity contribution in [2.75, 3.05) is 16.8 Å². The van der Waals surface area contributed by atoms with Gasteiger partial charge < -0.3 is 15.3 Å². The van der Waals surface area contributed by atoms with Crippen LogP contribution in [0.25, 0.3) is 0 Å². The van der Waals surface area contributed by atoms with Crippen LogP contribution in [-0.4, -0.2) is 17.6 Å². The smallest absolute Gasteiger partial charge is 0.303 e. The molecule has 0 spiro atoms. The van der Waals surface area contributed by atoms with Gasteiger partial charge in [-0.3, -0.25) is 4.79 Å². The van der Waals surface area contributed by atoms with Gasteiger partial charge >= 0.3 is 5.97 Å². The lowest BCUT2D eigenvalue weighted by molar-refractivity contribution is -0.136. The summed E-state index contributed by atoms with van der Waals surface area (Å²) in [6, 6.07) is 19.9. The third-order valence-electron chi connectivity index (χ3n) is 6.13. The molecule has 1 aliphatic heterocycles. The van der Waals surface area contributed by atoms with Crippen LogP contribution in [0.5, 0.6) is 0 Å². The monoisotopic (exact) mass is 432 g/mol. The number of hydrogen-bond donors (Lipinski definition) is 2. The van der Waals surface area contributed by atoms with E-state index in [0.717, 1.165) is 25.8 Å². The largest absolute Gasteiger partial charge is 0.481 e. The number of para-hydroxylation sites is 1. The summed E-state index contributed by atoms with van der Waals surface area (Å²) in [6.45, 7) is 3.80. The zero-order valence-corrected chi connectivity index (χ0v) is 18.4. The van der Waals surface area contributed by atoms with Crippen molar-refractivity contribution in [2.45, 2.75) is 45.6 Å². The van der Waals surface area contributed by atoms with Gasteiger partial charge in [0.05, 0.1) is 0 Å². The van der Waals surface area contributed by atoms with Crippen LogP contribution in [0.4, 0.5) is 21.5 Å². The molecule has 0 unspecified atom stereocenters. The van der Waals surface area contributed by atoms with Crippen LogP contribution < -0.4 is 10.2 Å². The molecule has 166 valence electrons. The molecule has 0 aromatic heterocycles. The molecular formula is C27H29FN2O2. The molecule has 0 fully saturated rings. The first-order chi connectivity index (χ1) is 15.6. The fourth-order valence-corrected chi connectivity index (χ4v) is 4.53. The number of nitrogens with zero attached hydrogens (tertiary/aromatic N) is 1. The molecule has 0 saturated carbocycles. The molecule has 0 bridgehead atoms. The number of halogens is 1. The lowest BCUT2D eigenvalue weighted by Gasteiger charge is -2.34. The molecular weight excluding hydrogens is 403 g/mol. The van der Waals surface area contributed by atoms with Crippen molar-refractivity contribution in [3.8, 4) is 0 Å². The predicted octanol–water partition coefficient (Wildman–Crippen LogP) is 6.10. The third kappa shape index (κ3) is 4.77. The van der Waals surface area contributed by atoms with Gasteiger partial charge in [-0.2, -0.15) is 0 Å². The van der Waals surface area contributed by atoms with E-state index in [1.54, 1.807) is 6.07 Å². The molecule has 0 amide bonds. The summed E-state index contributed by atoms with van der Waals surface area (Å²) in [5.41, 5.74) is 7.59. The number of aryl methyl sites for hydroxylation is 2. The van der Waals surface area contributed by atoms with Crippen molar-refractivity contribution in [2.24, 2.45) is 0 Å². The van der Waals surface area contributed by atoms with E-state index >= 15 is 0 Å². The van der Waals surface area contributed by atoms with Crippen molar-refractivity contribution >= 4 is 23.0 Å². The number of fused-ring (bicyclic) bond motifs is 1. The molecule has 1 aliphatic rings. The molecule has 2 N–H and O–H groups in total. The Hall–Kier alpha value is -3.34. The SMILES string of the molecule is CCc1c(CNc2ccc(CCC(=O)O)c(F)c2)ccc2c1N(c1ccccc1)CCC2. The summed E-state index contributed by atoms with van der Waals surface area (Å²) in [5.74, 6) is -1.29. The Bertz CT molecular complexity index is 1100. The second-order valence-electron chi connectivity index (χ2n) is 8.21. The second kappa shape index (κ2) is 9.86. The Morgan fingerprint density at radius 2 is 1.88 bits per heavy atom. The summed E-state index contributed by atoms with van der Waals surface area (Å²) in [7, 11) is 0. The van der Waals surface area contributed by atoms with Gasteiger partial charge in [0.1, 0.15) is 5.82 Å². The van der Waals surface area contributed by atoms with E-state index in [0.29, 0.717) is 17.8 Å². The molecule has 3 aromatic carbocycles. The highest BCUT2D eigenvalue weighted by atomic mass is 19.1. The number of rotatable bonds is 8. The van der Waals surface area contributed by atoms with Crippen LogP contribution in [0.1, 0.15) is 42.0 Å². The van der Waals surface area contributed by atoms with Crippen LogP contribution in [0, 0.1) is 5.82 Å². The van der Waals surface area contributed by atoms with Gasteiger partial charge in [-0.25, -0.2) is 4.39 Å². The Morgan fingerprint density at radius 1 is 1.09 bits per heavy atom. The zero-order chi connectivity index (χ0) is 22.5. The van der Waals surface area contributed by atoms with Crippen molar-refractivity contribution in [3.63, 3.8) is 0 Å². The van der Waals surface area contributed by atoms with Gasteiger partial charge in [0.2, 0.25) is 0 Å². The molecule has 4 nitrogen and oxygen atoms in total. The number of carboxylic acid groups (broad SMARTS) is 1. The summed E-state index contributed by atoms with van der Waals surface area (Å²) in [5, 5.41) is 12.2. The number of benzene rings is 3. The number of nitrogens with one attached hydrogen (secondary N) is 1. The van der Waals surface area contributed by atoms with Crippen molar-refractivity contribution < 1.29 is 14.3 Å². The highest BCUT2D eigenvalue weighted by Crippen LogP contribution is 2.38. The van der Waals surface area contributed by atoms with Crippen LogP contribution in [0.2, 0.25) is 0 Å². The van der Waals surface area contributed by atoms with E-state index in [2.05, 4.69) is 53.5 Å². The normalized spacial score (nSPS) is 13.0. The summed E-state index contributed by atoms with van der Waals surface area (Å²) in [4.78, 5) is 13.2. The average molecular weight is 433 g/mol. The van der Waals surface area contributed by atoms with E-state index in [1.165, 1.54) is 34.1 Å². The first-order valence-corrected chi connectivity index (χ1v) is 11.3. The molecule has 5 heteroatoms. The molecule has 0 saturated heterocycles. The summed E-state index contributed by atoms with van der Waals surface area (Å²) in [6.07, 6.45) is 3.27. The Balaban J connectivity index is 1.56. The van der Waals surface area contributed by atoms with Crippen molar-refractivity contribution in [1.29, 1.82) is 0 Å². The molecule has 4 rings (SSSR count). The molecule has 3 aromatic rings.